The minimum absolute atomic E-state index is 0.688. The summed E-state index contributed by atoms with van der Waals surface area (Å²) in [4.78, 5) is 18.9. The average molecular weight is 367 g/mol. The van der Waals surface area contributed by atoms with Gasteiger partial charge < -0.3 is 9.64 Å². The summed E-state index contributed by atoms with van der Waals surface area (Å²) in [5.41, 5.74) is 3.22. The van der Waals surface area contributed by atoms with Gasteiger partial charge in [0, 0.05) is 61.9 Å². The molecule has 0 spiro atoms. The monoisotopic (exact) mass is 367 g/mol. The lowest BCUT2D eigenvalue weighted by Gasteiger charge is -2.38. The lowest BCUT2D eigenvalue weighted by molar-refractivity contribution is 0.0296. The fourth-order valence-corrected chi connectivity index (χ4v) is 4.10. The number of morpholine rings is 1. The summed E-state index contributed by atoms with van der Waals surface area (Å²) >= 11 is 0. The van der Waals surface area contributed by atoms with Gasteiger partial charge in [0.25, 0.3) is 0 Å². The minimum Gasteiger partial charge on any atom is -0.379 e. The first-order chi connectivity index (χ1) is 13.2. The van der Waals surface area contributed by atoms with Crippen LogP contribution in [-0.2, 0) is 4.74 Å². The largest absolute Gasteiger partial charge is 0.379 e. The standard InChI is InChI=1S/C21H29N5O/c1-16-17(2)23-20(19-6-3-7-22-13-19)24-21(16)26-8-4-5-18(15-26)14-25-9-11-27-12-10-25/h3,6-7,13,18H,4-5,8-12,14-15H2,1-2H3. The third-order valence-corrected chi connectivity index (χ3v) is 5.72. The van der Waals surface area contributed by atoms with Gasteiger partial charge in [-0.2, -0.15) is 0 Å². The molecule has 0 aromatic carbocycles. The third kappa shape index (κ3) is 4.28. The first kappa shape index (κ1) is 18.3. The molecular formula is C21H29N5O. The maximum atomic E-state index is 5.49. The first-order valence-electron chi connectivity index (χ1n) is 10.0. The third-order valence-electron chi connectivity index (χ3n) is 5.72. The van der Waals surface area contributed by atoms with Crippen molar-refractivity contribution < 1.29 is 4.74 Å². The van der Waals surface area contributed by atoms with Crippen molar-refractivity contribution in [3.05, 3.63) is 35.8 Å². The van der Waals surface area contributed by atoms with Crippen LogP contribution in [0.1, 0.15) is 24.1 Å². The Morgan fingerprint density at radius 2 is 2.00 bits per heavy atom. The van der Waals surface area contributed by atoms with Crippen molar-refractivity contribution in [2.45, 2.75) is 26.7 Å². The molecule has 0 aliphatic carbocycles. The molecule has 1 unspecified atom stereocenters. The number of piperidine rings is 1. The van der Waals surface area contributed by atoms with Gasteiger partial charge in [-0.05, 0) is 44.7 Å². The van der Waals surface area contributed by atoms with E-state index in [4.69, 9.17) is 14.7 Å². The van der Waals surface area contributed by atoms with E-state index in [2.05, 4.69) is 28.6 Å². The zero-order chi connectivity index (χ0) is 18.6. The fraction of sp³-hybridized carbons (Fsp3) is 0.571. The molecule has 4 heterocycles. The van der Waals surface area contributed by atoms with E-state index in [1.165, 1.54) is 24.9 Å². The van der Waals surface area contributed by atoms with E-state index in [-0.39, 0.29) is 0 Å². The summed E-state index contributed by atoms with van der Waals surface area (Å²) in [5, 5.41) is 0. The van der Waals surface area contributed by atoms with E-state index in [1.807, 2.05) is 18.3 Å². The maximum absolute atomic E-state index is 5.49. The molecule has 4 rings (SSSR count). The summed E-state index contributed by atoms with van der Waals surface area (Å²) < 4.78 is 5.49. The molecular weight excluding hydrogens is 338 g/mol. The highest BCUT2D eigenvalue weighted by Gasteiger charge is 2.25. The molecule has 0 radical (unpaired) electrons. The lowest BCUT2D eigenvalue weighted by atomic mass is 9.96. The molecule has 6 heteroatoms. The van der Waals surface area contributed by atoms with Gasteiger partial charge in [0.2, 0.25) is 0 Å². The highest BCUT2D eigenvalue weighted by atomic mass is 16.5. The quantitative estimate of drug-likeness (QED) is 0.828. The van der Waals surface area contributed by atoms with E-state index >= 15 is 0 Å². The second-order valence-corrected chi connectivity index (χ2v) is 7.69. The van der Waals surface area contributed by atoms with Crippen LogP contribution in [0.15, 0.2) is 24.5 Å². The number of hydrogen-bond donors (Lipinski definition) is 0. The average Bonchev–Trinajstić information content (AvgIpc) is 2.71. The molecule has 0 N–H and O–H groups in total. The van der Waals surface area contributed by atoms with Crippen LogP contribution in [0.25, 0.3) is 11.4 Å². The summed E-state index contributed by atoms with van der Waals surface area (Å²) in [5.74, 6) is 2.55. The van der Waals surface area contributed by atoms with Gasteiger partial charge in [0.1, 0.15) is 5.82 Å². The second kappa shape index (κ2) is 8.31. The number of nitrogens with zero attached hydrogens (tertiary/aromatic N) is 5. The highest BCUT2D eigenvalue weighted by molar-refractivity contribution is 5.59. The van der Waals surface area contributed by atoms with Crippen LogP contribution in [0.5, 0.6) is 0 Å². The van der Waals surface area contributed by atoms with E-state index in [9.17, 15) is 0 Å². The van der Waals surface area contributed by atoms with E-state index < -0.39 is 0 Å². The molecule has 144 valence electrons. The predicted molar refractivity (Wildman–Crippen MR) is 107 cm³/mol. The number of aromatic nitrogens is 3. The Morgan fingerprint density at radius 1 is 1.15 bits per heavy atom. The van der Waals surface area contributed by atoms with Gasteiger partial charge >= 0.3 is 0 Å². The Labute approximate surface area is 161 Å². The number of rotatable bonds is 4. The molecule has 2 aliphatic heterocycles. The van der Waals surface area contributed by atoms with Crippen LogP contribution in [0.2, 0.25) is 0 Å². The molecule has 27 heavy (non-hydrogen) atoms. The van der Waals surface area contributed by atoms with Gasteiger partial charge in [-0.3, -0.25) is 9.88 Å². The number of aryl methyl sites for hydroxylation is 1. The van der Waals surface area contributed by atoms with Crippen LogP contribution >= 0.6 is 0 Å². The fourth-order valence-electron chi connectivity index (χ4n) is 4.10. The van der Waals surface area contributed by atoms with Crippen LogP contribution in [-0.4, -0.2) is 65.8 Å². The molecule has 0 saturated carbocycles. The highest BCUT2D eigenvalue weighted by Crippen LogP contribution is 2.28. The minimum atomic E-state index is 0.688. The smallest absolute Gasteiger partial charge is 0.163 e. The van der Waals surface area contributed by atoms with Crippen LogP contribution < -0.4 is 4.90 Å². The molecule has 0 bridgehead atoms. The second-order valence-electron chi connectivity index (χ2n) is 7.69. The Kier molecular flexibility index (Phi) is 5.64. The van der Waals surface area contributed by atoms with E-state index in [0.717, 1.165) is 62.3 Å². The molecule has 2 aromatic heterocycles. The molecule has 2 aromatic rings. The summed E-state index contributed by atoms with van der Waals surface area (Å²) in [6.45, 7) is 11.4. The molecule has 1 atom stereocenters. The van der Waals surface area contributed by atoms with Crippen molar-refractivity contribution >= 4 is 5.82 Å². The van der Waals surface area contributed by atoms with Crippen LogP contribution in [0, 0.1) is 19.8 Å². The van der Waals surface area contributed by atoms with Crippen molar-refractivity contribution in [1.29, 1.82) is 0 Å². The van der Waals surface area contributed by atoms with Crippen molar-refractivity contribution in [2.75, 3.05) is 50.8 Å². The van der Waals surface area contributed by atoms with Gasteiger partial charge in [0.05, 0.1) is 13.2 Å². The molecule has 2 saturated heterocycles. The summed E-state index contributed by atoms with van der Waals surface area (Å²) in [6.07, 6.45) is 6.14. The molecule has 2 aliphatic rings. The Balaban J connectivity index is 1.53. The summed E-state index contributed by atoms with van der Waals surface area (Å²) in [6, 6.07) is 3.96. The number of anilines is 1. The van der Waals surface area contributed by atoms with Crippen molar-refractivity contribution in [1.82, 2.24) is 19.9 Å². The predicted octanol–water partition coefficient (Wildman–Crippen LogP) is 2.70. The van der Waals surface area contributed by atoms with Gasteiger partial charge in [-0.1, -0.05) is 0 Å². The topological polar surface area (TPSA) is 54.4 Å². The van der Waals surface area contributed by atoms with Gasteiger partial charge in [-0.15, -0.1) is 0 Å². The van der Waals surface area contributed by atoms with E-state index in [1.54, 1.807) is 6.20 Å². The zero-order valence-electron chi connectivity index (χ0n) is 16.4. The zero-order valence-corrected chi connectivity index (χ0v) is 16.4. The van der Waals surface area contributed by atoms with Crippen molar-refractivity contribution in [2.24, 2.45) is 5.92 Å². The van der Waals surface area contributed by atoms with Gasteiger partial charge in [-0.25, -0.2) is 9.97 Å². The normalized spacial score (nSPS) is 21.4. The first-order valence-corrected chi connectivity index (χ1v) is 10.0. The lowest BCUT2D eigenvalue weighted by Crippen LogP contribution is -2.45. The van der Waals surface area contributed by atoms with Gasteiger partial charge in [0.15, 0.2) is 5.82 Å². The number of pyridine rings is 1. The Hall–Kier alpha value is -2.05. The SMILES string of the molecule is Cc1nc(-c2cccnc2)nc(N2CCCC(CN3CCOCC3)C2)c1C. The maximum Gasteiger partial charge on any atom is 0.163 e. The van der Waals surface area contributed by atoms with Crippen LogP contribution in [0.4, 0.5) is 5.82 Å². The number of hydrogen-bond acceptors (Lipinski definition) is 6. The number of ether oxygens (including phenoxy) is 1. The van der Waals surface area contributed by atoms with E-state index in [0.29, 0.717) is 5.92 Å². The van der Waals surface area contributed by atoms with Crippen molar-refractivity contribution in [3.8, 4) is 11.4 Å². The Morgan fingerprint density at radius 3 is 2.78 bits per heavy atom. The molecule has 2 fully saturated rings. The van der Waals surface area contributed by atoms with Crippen molar-refractivity contribution in [3.63, 3.8) is 0 Å². The Bertz CT molecular complexity index is 761. The molecule has 0 amide bonds. The molecule has 6 nitrogen and oxygen atoms in total. The van der Waals surface area contributed by atoms with Crippen LogP contribution in [0.3, 0.4) is 0 Å². The summed E-state index contributed by atoms with van der Waals surface area (Å²) in [7, 11) is 0.